The van der Waals surface area contributed by atoms with Crippen molar-refractivity contribution in [2.45, 2.75) is 65.7 Å². The lowest BCUT2D eigenvalue weighted by Crippen LogP contribution is -2.55. The highest BCUT2D eigenvalue weighted by Gasteiger charge is 2.70. The third kappa shape index (κ3) is 1.41. The molecule has 2 bridgehead atoms. The summed E-state index contributed by atoms with van der Waals surface area (Å²) in [4.78, 5) is 0. The summed E-state index contributed by atoms with van der Waals surface area (Å²) in [5.41, 5.74) is 0.896. The molecule has 0 heterocycles. The lowest BCUT2D eigenvalue weighted by Gasteiger charge is -2.62. The van der Waals surface area contributed by atoms with Gasteiger partial charge in [-0.25, -0.2) is 0 Å². The Hall–Kier alpha value is 0. The van der Waals surface area contributed by atoms with Crippen molar-refractivity contribution in [2.75, 3.05) is 0 Å². The Balaban J connectivity index is 1.42. The first-order valence-corrected chi connectivity index (χ1v) is 7.63. The normalized spacial score (nSPS) is 48.8. The molecule has 0 saturated heterocycles. The van der Waals surface area contributed by atoms with Gasteiger partial charge in [0.2, 0.25) is 0 Å². The second-order valence-corrected chi connectivity index (χ2v) is 7.49. The molecule has 4 saturated carbocycles. The molecule has 0 heteroatoms. The van der Waals surface area contributed by atoms with Crippen LogP contribution in [0.15, 0.2) is 0 Å². The number of unbranched alkanes of at least 4 members (excludes halogenated alkanes) is 1. The van der Waals surface area contributed by atoms with Crippen LogP contribution in [0.4, 0.5) is 0 Å². The maximum absolute atomic E-state index is 2.51. The molecule has 4 rings (SSSR count). The van der Waals surface area contributed by atoms with Gasteiger partial charge in [0, 0.05) is 0 Å². The van der Waals surface area contributed by atoms with E-state index in [1.54, 1.807) is 25.7 Å². The molecule has 0 aliphatic heterocycles. The van der Waals surface area contributed by atoms with E-state index in [4.69, 9.17) is 0 Å². The topological polar surface area (TPSA) is 0 Å². The molecule has 1 spiro atoms. The van der Waals surface area contributed by atoms with E-state index in [1.807, 2.05) is 0 Å². The number of hydrogen-bond donors (Lipinski definition) is 0. The highest BCUT2D eigenvalue weighted by molar-refractivity contribution is 5.19. The van der Waals surface area contributed by atoms with Crippen LogP contribution in [-0.2, 0) is 0 Å². The largest absolute Gasteiger partial charge is 0.0628 e. The summed E-state index contributed by atoms with van der Waals surface area (Å²) >= 11 is 0. The first-order valence-electron chi connectivity index (χ1n) is 7.63. The fraction of sp³-hybridized carbons (Fsp3) is 1.00. The molecule has 0 N–H and O–H groups in total. The van der Waals surface area contributed by atoms with E-state index in [0.29, 0.717) is 0 Å². The SMILES string of the molecule is CC(C)CCCCC1CC23CC1C2CC3C. The molecule has 4 aliphatic carbocycles. The van der Waals surface area contributed by atoms with Gasteiger partial charge >= 0.3 is 0 Å². The van der Waals surface area contributed by atoms with E-state index in [1.165, 1.54) is 31.1 Å². The third-order valence-corrected chi connectivity index (χ3v) is 6.31. The molecule has 4 fully saturated rings. The lowest BCUT2D eigenvalue weighted by molar-refractivity contribution is -0.131. The van der Waals surface area contributed by atoms with Crippen LogP contribution in [0.25, 0.3) is 0 Å². The summed E-state index contributed by atoms with van der Waals surface area (Å²) in [6, 6.07) is 0. The van der Waals surface area contributed by atoms with Crippen molar-refractivity contribution >= 4 is 0 Å². The fourth-order valence-electron chi connectivity index (χ4n) is 5.28. The van der Waals surface area contributed by atoms with Gasteiger partial charge in [0.25, 0.3) is 0 Å². The molecule has 0 nitrogen and oxygen atoms in total. The average molecular weight is 220 g/mol. The molecule has 0 aromatic heterocycles. The van der Waals surface area contributed by atoms with Crippen molar-refractivity contribution in [1.82, 2.24) is 0 Å². The third-order valence-electron chi connectivity index (χ3n) is 6.31. The highest BCUT2D eigenvalue weighted by Crippen LogP contribution is 2.78. The van der Waals surface area contributed by atoms with Gasteiger partial charge in [-0.1, -0.05) is 46.5 Å². The van der Waals surface area contributed by atoms with Crippen molar-refractivity contribution in [1.29, 1.82) is 0 Å². The average Bonchev–Trinajstić information content (AvgIpc) is 2.73. The molecule has 0 radical (unpaired) electrons. The van der Waals surface area contributed by atoms with Crippen molar-refractivity contribution in [3.05, 3.63) is 0 Å². The molecular formula is C16H28. The van der Waals surface area contributed by atoms with E-state index < -0.39 is 0 Å². The summed E-state index contributed by atoms with van der Waals surface area (Å²) in [7, 11) is 0. The first-order chi connectivity index (χ1) is 7.63. The molecule has 0 aromatic carbocycles. The molecule has 0 amide bonds. The number of hydrogen-bond acceptors (Lipinski definition) is 0. The molecule has 5 unspecified atom stereocenters. The van der Waals surface area contributed by atoms with Crippen LogP contribution < -0.4 is 0 Å². The number of fused-ring (bicyclic) bond motifs is 1. The van der Waals surface area contributed by atoms with Gasteiger partial charge in [-0.05, 0) is 54.3 Å². The van der Waals surface area contributed by atoms with Crippen LogP contribution in [0.5, 0.6) is 0 Å². The van der Waals surface area contributed by atoms with Crippen LogP contribution in [0.3, 0.4) is 0 Å². The minimum Gasteiger partial charge on any atom is -0.0628 e. The first kappa shape index (κ1) is 11.1. The maximum atomic E-state index is 2.51. The summed E-state index contributed by atoms with van der Waals surface area (Å²) in [6.07, 6.45) is 10.8. The summed E-state index contributed by atoms with van der Waals surface area (Å²) in [6.45, 7) is 7.22. The van der Waals surface area contributed by atoms with Crippen molar-refractivity contribution in [3.63, 3.8) is 0 Å². The zero-order valence-corrected chi connectivity index (χ0v) is 11.3. The number of rotatable bonds is 5. The summed E-state index contributed by atoms with van der Waals surface area (Å²) in [5.74, 6) is 5.50. The van der Waals surface area contributed by atoms with Crippen LogP contribution in [0.2, 0.25) is 0 Å². The van der Waals surface area contributed by atoms with Crippen LogP contribution >= 0.6 is 0 Å². The maximum Gasteiger partial charge on any atom is -0.0235 e. The fourth-order valence-corrected chi connectivity index (χ4v) is 5.28. The lowest BCUT2D eigenvalue weighted by atomic mass is 9.43. The molecule has 0 aromatic rings. The van der Waals surface area contributed by atoms with Gasteiger partial charge in [0.15, 0.2) is 0 Å². The van der Waals surface area contributed by atoms with Crippen LogP contribution in [0.1, 0.15) is 65.7 Å². The zero-order chi connectivity index (χ0) is 11.3. The van der Waals surface area contributed by atoms with E-state index >= 15 is 0 Å². The Morgan fingerprint density at radius 1 is 1.19 bits per heavy atom. The van der Waals surface area contributed by atoms with E-state index in [9.17, 15) is 0 Å². The Labute approximate surface area is 101 Å². The molecule has 5 atom stereocenters. The Kier molecular flexibility index (Phi) is 2.60. The highest BCUT2D eigenvalue weighted by atomic mass is 14.7. The van der Waals surface area contributed by atoms with E-state index in [0.717, 1.165) is 23.2 Å². The second kappa shape index (κ2) is 3.75. The monoisotopic (exact) mass is 220 g/mol. The molecular weight excluding hydrogens is 192 g/mol. The quantitative estimate of drug-likeness (QED) is 0.579. The molecule has 92 valence electrons. The molecule has 16 heavy (non-hydrogen) atoms. The van der Waals surface area contributed by atoms with Crippen LogP contribution in [-0.4, -0.2) is 0 Å². The van der Waals surface area contributed by atoms with Gasteiger partial charge in [0.05, 0.1) is 0 Å². The zero-order valence-electron chi connectivity index (χ0n) is 11.3. The van der Waals surface area contributed by atoms with Gasteiger partial charge in [-0.2, -0.15) is 0 Å². The van der Waals surface area contributed by atoms with Gasteiger partial charge < -0.3 is 0 Å². The van der Waals surface area contributed by atoms with E-state index in [2.05, 4.69) is 20.8 Å². The van der Waals surface area contributed by atoms with Crippen molar-refractivity contribution in [3.8, 4) is 0 Å². The Morgan fingerprint density at radius 3 is 2.56 bits per heavy atom. The predicted molar refractivity (Wildman–Crippen MR) is 69.2 cm³/mol. The van der Waals surface area contributed by atoms with E-state index in [-0.39, 0.29) is 0 Å². The second-order valence-electron chi connectivity index (χ2n) is 7.49. The van der Waals surface area contributed by atoms with Crippen LogP contribution in [0, 0.1) is 35.0 Å². The van der Waals surface area contributed by atoms with Crippen molar-refractivity contribution < 1.29 is 0 Å². The van der Waals surface area contributed by atoms with Gasteiger partial charge in [-0.3, -0.25) is 0 Å². The Morgan fingerprint density at radius 2 is 2.00 bits per heavy atom. The minimum atomic E-state index is 0.896. The minimum absolute atomic E-state index is 0.896. The molecule has 4 aliphatic rings. The summed E-state index contributed by atoms with van der Waals surface area (Å²) in [5, 5.41) is 0. The summed E-state index contributed by atoms with van der Waals surface area (Å²) < 4.78 is 0. The Bertz CT molecular complexity index is 267. The van der Waals surface area contributed by atoms with Crippen molar-refractivity contribution in [2.24, 2.45) is 35.0 Å². The standard InChI is InChI=1S/C16H28/c1-11(2)6-4-5-7-13-9-16-10-14(13)15(16)8-12(16)3/h11-15H,4-10H2,1-3H3. The van der Waals surface area contributed by atoms with Gasteiger partial charge in [0.1, 0.15) is 0 Å². The smallest absolute Gasteiger partial charge is 0.0235 e. The van der Waals surface area contributed by atoms with Gasteiger partial charge in [-0.15, -0.1) is 0 Å². The predicted octanol–water partition coefficient (Wildman–Crippen LogP) is 4.89.